The molecule has 0 spiro atoms. The van der Waals surface area contributed by atoms with Crippen molar-refractivity contribution in [2.75, 3.05) is 0 Å². The van der Waals surface area contributed by atoms with Gasteiger partial charge in [-0.1, -0.05) is 29.8 Å². The van der Waals surface area contributed by atoms with Crippen LogP contribution in [0.1, 0.15) is 11.1 Å². The highest BCUT2D eigenvalue weighted by molar-refractivity contribution is 14.1. The van der Waals surface area contributed by atoms with Gasteiger partial charge in [0.05, 0.1) is 16.3 Å². The summed E-state index contributed by atoms with van der Waals surface area (Å²) in [5.41, 5.74) is 2.59. The fourth-order valence-electron chi connectivity index (χ4n) is 1.42. The second kappa shape index (κ2) is 5.51. The first-order chi connectivity index (χ1) is 6.74. The summed E-state index contributed by atoms with van der Waals surface area (Å²) in [6.07, 6.45) is 3.92. The Kier molecular flexibility index (Phi) is 4.60. The van der Waals surface area contributed by atoms with Gasteiger partial charge in [-0.2, -0.15) is 5.10 Å². The third kappa shape index (κ3) is 3.50. The molecule has 2 nitrogen and oxygen atoms in total. The standard InChI is InChI=1S/C11H11IN2.ClH/c1-9-3-2-4-10(5-9)7-14-8-11(12)6-13-14;/h2-6,8H,7H2,1H3;1H. The summed E-state index contributed by atoms with van der Waals surface area (Å²) in [5.74, 6) is 0. The topological polar surface area (TPSA) is 17.8 Å². The first kappa shape index (κ1) is 12.5. The van der Waals surface area contributed by atoms with E-state index in [1.807, 2.05) is 17.1 Å². The van der Waals surface area contributed by atoms with E-state index >= 15 is 0 Å². The average molecular weight is 335 g/mol. The minimum Gasteiger partial charge on any atom is -0.267 e. The summed E-state index contributed by atoms with van der Waals surface area (Å²) in [5, 5.41) is 4.25. The van der Waals surface area contributed by atoms with Gasteiger partial charge in [-0.25, -0.2) is 0 Å². The summed E-state index contributed by atoms with van der Waals surface area (Å²) >= 11 is 2.27. The molecule has 0 aliphatic heterocycles. The molecule has 0 unspecified atom stereocenters. The summed E-state index contributed by atoms with van der Waals surface area (Å²) in [7, 11) is 0. The lowest BCUT2D eigenvalue weighted by atomic mass is 10.1. The number of nitrogens with zero attached hydrogens (tertiary/aromatic N) is 2. The molecule has 2 rings (SSSR count). The summed E-state index contributed by atoms with van der Waals surface area (Å²) in [6, 6.07) is 8.51. The summed E-state index contributed by atoms with van der Waals surface area (Å²) in [6.45, 7) is 2.96. The van der Waals surface area contributed by atoms with E-state index in [1.54, 1.807) is 0 Å². The van der Waals surface area contributed by atoms with Gasteiger partial charge in [-0.15, -0.1) is 12.4 Å². The van der Waals surface area contributed by atoms with Gasteiger partial charge in [0, 0.05) is 6.20 Å². The van der Waals surface area contributed by atoms with E-state index < -0.39 is 0 Å². The number of aromatic nitrogens is 2. The molecule has 0 bridgehead atoms. The Hall–Kier alpha value is -0.550. The van der Waals surface area contributed by atoms with E-state index in [0.717, 1.165) is 6.54 Å². The van der Waals surface area contributed by atoms with Crippen molar-refractivity contribution in [2.24, 2.45) is 0 Å². The Balaban J connectivity index is 0.00000112. The van der Waals surface area contributed by atoms with Crippen molar-refractivity contribution >= 4 is 35.0 Å². The fraction of sp³-hybridized carbons (Fsp3) is 0.182. The van der Waals surface area contributed by atoms with Crippen LogP contribution in [0.15, 0.2) is 36.7 Å². The predicted octanol–water partition coefficient (Wildman–Crippen LogP) is 3.27. The van der Waals surface area contributed by atoms with Gasteiger partial charge in [-0.3, -0.25) is 4.68 Å². The molecule has 1 heterocycles. The maximum absolute atomic E-state index is 4.25. The zero-order valence-corrected chi connectivity index (χ0v) is 11.3. The lowest BCUT2D eigenvalue weighted by Crippen LogP contribution is -1.99. The van der Waals surface area contributed by atoms with E-state index in [4.69, 9.17) is 0 Å². The Morgan fingerprint density at radius 1 is 1.40 bits per heavy atom. The third-order valence-corrected chi connectivity index (χ3v) is 2.59. The molecular weight excluding hydrogens is 322 g/mol. The zero-order chi connectivity index (χ0) is 9.97. The molecule has 1 aromatic heterocycles. The molecule has 0 aliphatic carbocycles. The summed E-state index contributed by atoms with van der Waals surface area (Å²) < 4.78 is 3.13. The van der Waals surface area contributed by atoms with Gasteiger partial charge < -0.3 is 0 Å². The van der Waals surface area contributed by atoms with Crippen molar-refractivity contribution in [1.82, 2.24) is 9.78 Å². The minimum absolute atomic E-state index is 0. The van der Waals surface area contributed by atoms with E-state index in [2.05, 4.69) is 58.9 Å². The van der Waals surface area contributed by atoms with Gasteiger partial charge in [0.2, 0.25) is 0 Å². The molecule has 0 amide bonds. The lowest BCUT2D eigenvalue weighted by Gasteiger charge is -2.02. The largest absolute Gasteiger partial charge is 0.267 e. The highest BCUT2D eigenvalue weighted by atomic mass is 127. The average Bonchev–Trinajstić information content (AvgIpc) is 2.51. The smallest absolute Gasteiger partial charge is 0.0659 e. The molecule has 0 atom stereocenters. The third-order valence-electron chi connectivity index (χ3n) is 2.03. The van der Waals surface area contributed by atoms with Crippen LogP contribution < -0.4 is 0 Å². The van der Waals surface area contributed by atoms with Gasteiger partial charge in [0.15, 0.2) is 0 Å². The molecule has 0 fully saturated rings. The van der Waals surface area contributed by atoms with Crippen LogP contribution in [0.3, 0.4) is 0 Å². The van der Waals surface area contributed by atoms with E-state index in [0.29, 0.717) is 0 Å². The second-order valence-corrected chi connectivity index (χ2v) is 4.59. The van der Waals surface area contributed by atoms with Crippen LogP contribution in [0.2, 0.25) is 0 Å². The molecule has 2 aromatic rings. The number of aryl methyl sites for hydroxylation is 1. The molecule has 0 saturated carbocycles. The molecule has 0 N–H and O–H groups in total. The van der Waals surface area contributed by atoms with Gasteiger partial charge in [0.25, 0.3) is 0 Å². The lowest BCUT2D eigenvalue weighted by molar-refractivity contribution is 0.686. The van der Waals surface area contributed by atoms with Gasteiger partial charge in [-0.05, 0) is 35.1 Å². The van der Waals surface area contributed by atoms with Crippen LogP contribution >= 0.6 is 35.0 Å². The van der Waals surface area contributed by atoms with Crippen molar-refractivity contribution in [3.63, 3.8) is 0 Å². The first-order valence-electron chi connectivity index (χ1n) is 4.47. The molecule has 80 valence electrons. The highest BCUT2D eigenvalue weighted by Crippen LogP contribution is 2.07. The number of hydrogen-bond donors (Lipinski definition) is 0. The molecular formula is C11H12ClIN2. The molecule has 0 aliphatic rings. The molecule has 0 radical (unpaired) electrons. The van der Waals surface area contributed by atoms with Crippen LogP contribution in [0, 0.1) is 10.5 Å². The van der Waals surface area contributed by atoms with Crippen LogP contribution in [0.25, 0.3) is 0 Å². The van der Waals surface area contributed by atoms with Crippen LogP contribution in [0.5, 0.6) is 0 Å². The second-order valence-electron chi connectivity index (χ2n) is 3.35. The fourth-order valence-corrected chi connectivity index (χ4v) is 1.87. The molecule has 0 saturated heterocycles. The first-order valence-corrected chi connectivity index (χ1v) is 5.55. The number of halogens is 2. The molecule has 15 heavy (non-hydrogen) atoms. The van der Waals surface area contributed by atoms with Gasteiger partial charge >= 0.3 is 0 Å². The quantitative estimate of drug-likeness (QED) is 0.771. The van der Waals surface area contributed by atoms with Crippen molar-refractivity contribution < 1.29 is 0 Å². The maximum atomic E-state index is 4.25. The van der Waals surface area contributed by atoms with Crippen molar-refractivity contribution in [3.05, 3.63) is 51.4 Å². The Morgan fingerprint density at radius 3 is 2.80 bits per heavy atom. The Labute approximate surface area is 109 Å². The minimum atomic E-state index is 0. The van der Waals surface area contributed by atoms with E-state index in [1.165, 1.54) is 14.7 Å². The van der Waals surface area contributed by atoms with Gasteiger partial charge in [0.1, 0.15) is 0 Å². The van der Waals surface area contributed by atoms with Crippen molar-refractivity contribution in [2.45, 2.75) is 13.5 Å². The molecule has 4 heteroatoms. The Bertz CT molecular complexity index is 440. The van der Waals surface area contributed by atoms with Crippen molar-refractivity contribution in [3.8, 4) is 0 Å². The van der Waals surface area contributed by atoms with E-state index in [-0.39, 0.29) is 12.4 Å². The number of rotatable bonds is 2. The van der Waals surface area contributed by atoms with E-state index in [9.17, 15) is 0 Å². The SMILES string of the molecule is Cc1cccc(Cn2cc(I)cn2)c1.Cl. The monoisotopic (exact) mass is 334 g/mol. The predicted molar refractivity (Wildman–Crippen MR) is 72.5 cm³/mol. The number of benzene rings is 1. The number of hydrogen-bond acceptors (Lipinski definition) is 1. The highest BCUT2D eigenvalue weighted by Gasteiger charge is 1.97. The normalized spacial score (nSPS) is 9.73. The molecule has 1 aromatic carbocycles. The maximum Gasteiger partial charge on any atom is 0.0659 e. The Morgan fingerprint density at radius 2 is 2.20 bits per heavy atom. The van der Waals surface area contributed by atoms with Crippen LogP contribution in [-0.2, 0) is 6.54 Å². The van der Waals surface area contributed by atoms with Crippen LogP contribution in [-0.4, -0.2) is 9.78 Å². The summed E-state index contributed by atoms with van der Waals surface area (Å²) in [4.78, 5) is 0. The zero-order valence-electron chi connectivity index (χ0n) is 8.35. The van der Waals surface area contributed by atoms with Crippen molar-refractivity contribution in [1.29, 1.82) is 0 Å². The van der Waals surface area contributed by atoms with Crippen LogP contribution in [0.4, 0.5) is 0 Å².